The maximum absolute atomic E-state index is 13.7. The Kier molecular flexibility index (Phi) is 4.90. The Morgan fingerprint density at radius 1 is 0.957 bits per heavy atom. The Labute approximate surface area is 143 Å². The van der Waals surface area contributed by atoms with E-state index < -0.39 is 18.7 Å². The van der Waals surface area contributed by atoms with Crippen LogP contribution in [0, 0.1) is 0 Å². The van der Waals surface area contributed by atoms with E-state index in [0.29, 0.717) is 5.30 Å². The van der Waals surface area contributed by atoms with Gasteiger partial charge in [0.2, 0.25) is 18.7 Å². The van der Waals surface area contributed by atoms with Crippen LogP contribution in [0.25, 0.3) is 0 Å². The predicted octanol–water partition coefficient (Wildman–Crippen LogP) is 4.15. The minimum Gasteiger partial charge on any atom is -0.343 e. The third kappa shape index (κ3) is 2.98. The van der Waals surface area contributed by atoms with Crippen molar-refractivity contribution < 1.29 is 18.8 Å². The topological polar surface area (TPSA) is 52.6 Å². The average molecular weight is 371 g/mol. The summed E-state index contributed by atoms with van der Waals surface area (Å²) in [6.07, 6.45) is 0. The fraction of sp³-hybridized carbons (Fsp3) is 0.188. The summed E-state index contributed by atoms with van der Waals surface area (Å²) in [6.45, 7) is 0.566. The molecule has 0 N–H and O–H groups in total. The molecule has 0 aromatic heterocycles. The molecule has 4 nitrogen and oxygen atoms in total. The molecule has 7 heteroatoms. The first-order chi connectivity index (χ1) is 11.0. The van der Waals surface area contributed by atoms with Gasteiger partial charge in [-0.1, -0.05) is 59.6 Å². The van der Waals surface area contributed by atoms with Crippen LogP contribution in [0.2, 0.25) is 10.0 Å². The first kappa shape index (κ1) is 16.7. The van der Waals surface area contributed by atoms with Crippen molar-refractivity contribution in [3.63, 3.8) is 0 Å². The van der Waals surface area contributed by atoms with Crippen LogP contribution < -0.4 is 5.30 Å². The van der Waals surface area contributed by atoms with Gasteiger partial charge in [0.25, 0.3) is 0 Å². The van der Waals surface area contributed by atoms with Gasteiger partial charge in [-0.25, -0.2) is 0 Å². The molecule has 0 bridgehead atoms. The maximum Gasteiger partial charge on any atom is 0.235 e. The van der Waals surface area contributed by atoms with Gasteiger partial charge in [0.15, 0.2) is 0 Å². The van der Waals surface area contributed by atoms with Gasteiger partial charge in [0, 0.05) is 5.30 Å². The smallest absolute Gasteiger partial charge is 0.235 e. The second kappa shape index (κ2) is 6.76. The van der Waals surface area contributed by atoms with Gasteiger partial charge >= 0.3 is 0 Å². The molecule has 2 aromatic rings. The van der Waals surface area contributed by atoms with Crippen molar-refractivity contribution in [3.05, 3.63) is 64.1 Å². The monoisotopic (exact) mass is 370 g/mol. The number of hydrogen-bond donors (Lipinski definition) is 0. The summed E-state index contributed by atoms with van der Waals surface area (Å²) >= 11 is 12.2. The lowest BCUT2D eigenvalue weighted by Gasteiger charge is -2.23. The number of carbonyl (C=O) groups is 1. The lowest BCUT2D eigenvalue weighted by Crippen LogP contribution is -2.24. The molecule has 23 heavy (non-hydrogen) atoms. The molecule has 0 amide bonds. The molecule has 3 rings (SSSR count). The van der Waals surface area contributed by atoms with E-state index in [1.807, 2.05) is 0 Å². The number of halogens is 2. The fourth-order valence-electron chi connectivity index (χ4n) is 2.41. The Bertz CT molecular complexity index is 753. The van der Waals surface area contributed by atoms with Gasteiger partial charge in [0.1, 0.15) is 0 Å². The molecule has 1 aliphatic rings. The van der Waals surface area contributed by atoms with E-state index in [9.17, 15) is 9.36 Å². The number of carbonyl (C=O) groups excluding carboxylic acids is 1. The standard InChI is InChI=1S/C16H13Cl2O4P/c17-12-7-4-8-13(18)14(12)15(19)23(20,16-21-9-10-22-16)11-5-2-1-3-6-11/h1-8,16H,9-10H2. The van der Waals surface area contributed by atoms with Crippen LogP contribution >= 0.6 is 30.3 Å². The van der Waals surface area contributed by atoms with E-state index in [2.05, 4.69) is 0 Å². The van der Waals surface area contributed by atoms with Crippen molar-refractivity contribution in [1.29, 1.82) is 0 Å². The van der Waals surface area contributed by atoms with Gasteiger partial charge < -0.3 is 14.0 Å². The van der Waals surface area contributed by atoms with Crippen molar-refractivity contribution in [2.45, 2.75) is 6.03 Å². The maximum atomic E-state index is 13.7. The van der Waals surface area contributed by atoms with Crippen molar-refractivity contribution >= 4 is 41.2 Å². The first-order valence-corrected chi connectivity index (χ1v) is 9.46. The summed E-state index contributed by atoms with van der Waals surface area (Å²) < 4.78 is 24.5. The van der Waals surface area contributed by atoms with Crippen LogP contribution in [-0.2, 0) is 14.0 Å². The third-order valence-electron chi connectivity index (χ3n) is 3.52. The van der Waals surface area contributed by atoms with Gasteiger partial charge in [-0.15, -0.1) is 0 Å². The summed E-state index contributed by atoms with van der Waals surface area (Å²) in [7, 11) is -3.74. The lowest BCUT2D eigenvalue weighted by atomic mass is 10.2. The number of rotatable bonds is 4. The lowest BCUT2D eigenvalue weighted by molar-refractivity contribution is 0.0245. The quantitative estimate of drug-likeness (QED) is 0.758. The molecule has 120 valence electrons. The minimum atomic E-state index is -3.74. The largest absolute Gasteiger partial charge is 0.343 e. The molecule has 1 heterocycles. The molecule has 0 radical (unpaired) electrons. The molecule has 1 unspecified atom stereocenters. The summed E-state index contributed by atoms with van der Waals surface area (Å²) in [4.78, 5) is 13.1. The summed E-state index contributed by atoms with van der Waals surface area (Å²) in [5.74, 6) is 0. The first-order valence-electron chi connectivity index (χ1n) is 6.92. The van der Waals surface area contributed by atoms with Crippen LogP contribution in [-0.4, -0.2) is 24.8 Å². The van der Waals surface area contributed by atoms with Crippen LogP contribution in [0.5, 0.6) is 0 Å². The van der Waals surface area contributed by atoms with Crippen molar-refractivity contribution in [1.82, 2.24) is 0 Å². The number of hydrogen-bond acceptors (Lipinski definition) is 4. The molecule has 0 spiro atoms. The Balaban J connectivity index is 2.16. The van der Waals surface area contributed by atoms with Gasteiger partial charge in [-0.2, -0.15) is 0 Å². The SMILES string of the molecule is O=C(c1c(Cl)cccc1Cl)P(=O)(c1ccccc1)C1OCCO1. The van der Waals surface area contributed by atoms with Crippen molar-refractivity contribution in [2.75, 3.05) is 13.2 Å². The van der Waals surface area contributed by atoms with E-state index in [-0.39, 0.29) is 28.8 Å². The molecular weight excluding hydrogens is 358 g/mol. The highest BCUT2D eigenvalue weighted by Crippen LogP contribution is 2.55. The molecule has 0 aliphatic carbocycles. The van der Waals surface area contributed by atoms with Gasteiger partial charge in [-0.3, -0.25) is 4.79 Å². The zero-order chi connectivity index (χ0) is 16.4. The molecule has 1 fully saturated rings. The fourth-order valence-corrected chi connectivity index (χ4v) is 5.60. The second-order valence-electron chi connectivity index (χ2n) is 4.94. The van der Waals surface area contributed by atoms with E-state index in [1.165, 1.54) is 12.1 Å². The van der Waals surface area contributed by atoms with Crippen molar-refractivity contribution in [3.8, 4) is 0 Å². The molecule has 1 atom stereocenters. The van der Waals surface area contributed by atoms with Gasteiger partial charge in [0.05, 0.1) is 28.8 Å². The summed E-state index contributed by atoms with van der Waals surface area (Å²) in [6, 6.07) is 12.0. The highest BCUT2D eigenvalue weighted by atomic mass is 35.5. The van der Waals surface area contributed by atoms with Crippen LogP contribution in [0.15, 0.2) is 48.5 Å². The average Bonchev–Trinajstić information content (AvgIpc) is 3.09. The predicted molar refractivity (Wildman–Crippen MR) is 90.2 cm³/mol. The zero-order valence-corrected chi connectivity index (χ0v) is 14.4. The molecule has 1 saturated heterocycles. The molecular formula is C16H13Cl2O4P. The Hall–Kier alpha value is -1.16. The Morgan fingerprint density at radius 3 is 2.09 bits per heavy atom. The normalized spacial score (nSPS) is 17.8. The highest BCUT2D eigenvalue weighted by molar-refractivity contribution is 7.87. The number of benzene rings is 2. The molecule has 0 saturated carbocycles. The van der Waals surface area contributed by atoms with Crippen LogP contribution in [0.3, 0.4) is 0 Å². The zero-order valence-electron chi connectivity index (χ0n) is 11.9. The molecule has 1 aliphatic heterocycles. The van der Waals surface area contributed by atoms with Crippen LogP contribution in [0.4, 0.5) is 0 Å². The third-order valence-corrected chi connectivity index (χ3v) is 6.93. The van der Waals surface area contributed by atoms with Crippen LogP contribution in [0.1, 0.15) is 10.4 Å². The van der Waals surface area contributed by atoms with E-state index in [1.54, 1.807) is 36.4 Å². The van der Waals surface area contributed by atoms with E-state index in [0.717, 1.165) is 0 Å². The van der Waals surface area contributed by atoms with Gasteiger partial charge in [-0.05, 0) is 12.1 Å². The highest BCUT2D eigenvalue weighted by Gasteiger charge is 2.47. The Morgan fingerprint density at radius 2 is 1.52 bits per heavy atom. The summed E-state index contributed by atoms with van der Waals surface area (Å²) in [5, 5.41) is 0.654. The van der Waals surface area contributed by atoms with E-state index >= 15 is 0 Å². The van der Waals surface area contributed by atoms with Crippen molar-refractivity contribution in [2.24, 2.45) is 0 Å². The molecule has 2 aromatic carbocycles. The second-order valence-corrected chi connectivity index (χ2v) is 8.42. The summed E-state index contributed by atoms with van der Waals surface area (Å²) in [5.41, 5.74) is -0.631. The van der Waals surface area contributed by atoms with E-state index in [4.69, 9.17) is 32.7 Å². The minimum absolute atomic E-state index is 0.0297. The number of ether oxygens (including phenoxy) is 2.